The summed E-state index contributed by atoms with van der Waals surface area (Å²) in [6.45, 7) is -0.00289. The highest BCUT2D eigenvalue weighted by Gasteiger charge is 2.24. The molecule has 0 saturated carbocycles. The summed E-state index contributed by atoms with van der Waals surface area (Å²) in [6.07, 6.45) is -1.10. The number of carbonyl (C=O) groups is 3. The van der Waals surface area contributed by atoms with E-state index in [1.165, 1.54) is 17.0 Å². The fraction of sp³-hybridized carbons (Fsp3) is 0.250. The highest BCUT2D eigenvalue weighted by Crippen LogP contribution is 2.24. The number of nitrogens with one attached hydrogen (secondary N) is 1. The largest absolute Gasteiger partial charge is 0.507 e. The van der Waals surface area contributed by atoms with E-state index in [0.29, 0.717) is 0 Å². The Morgan fingerprint density at radius 2 is 1.75 bits per heavy atom. The molecule has 8 nitrogen and oxygen atoms in total. The van der Waals surface area contributed by atoms with Gasteiger partial charge >= 0.3 is 12.1 Å². The summed E-state index contributed by atoms with van der Waals surface area (Å²) < 4.78 is 5.03. The van der Waals surface area contributed by atoms with Crippen molar-refractivity contribution >= 4 is 18.0 Å². The van der Waals surface area contributed by atoms with Gasteiger partial charge in [0.25, 0.3) is 5.91 Å². The molecule has 0 fully saturated rings. The van der Waals surface area contributed by atoms with E-state index in [-0.39, 0.29) is 29.9 Å². The van der Waals surface area contributed by atoms with Crippen molar-refractivity contribution in [1.29, 1.82) is 0 Å². The van der Waals surface area contributed by atoms with Crippen molar-refractivity contribution in [3.05, 3.63) is 65.2 Å². The van der Waals surface area contributed by atoms with Crippen LogP contribution in [0, 0.1) is 0 Å². The summed E-state index contributed by atoms with van der Waals surface area (Å²) in [6, 6.07) is 12.1. The second-order valence-corrected chi connectivity index (χ2v) is 6.31. The van der Waals surface area contributed by atoms with Crippen molar-refractivity contribution in [1.82, 2.24) is 10.2 Å². The number of ether oxygens (including phenoxy) is 1. The van der Waals surface area contributed by atoms with E-state index in [0.717, 1.165) is 5.56 Å². The second kappa shape index (κ2) is 9.40. The molecule has 0 heterocycles. The van der Waals surface area contributed by atoms with Crippen LogP contribution in [0.4, 0.5) is 4.79 Å². The first-order chi connectivity index (χ1) is 13.3. The van der Waals surface area contributed by atoms with Crippen molar-refractivity contribution in [3.8, 4) is 5.75 Å². The van der Waals surface area contributed by atoms with E-state index >= 15 is 0 Å². The Morgan fingerprint density at radius 1 is 1.07 bits per heavy atom. The summed E-state index contributed by atoms with van der Waals surface area (Å²) in [5.41, 5.74) is 1.04. The predicted molar refractivity (Wildman–Crippen MR) is 101 cm³/mol. The fourth-order valence-electron chi connectivity index (χ4n) is 2.50. The van der Waals surface area contributed by atoms with Crippen molar-refractivity contribution in [2.45, 2.75) is 19.1 Å². The van der Waals surface area contributed by atoms with Crippen molar-refractivity contribution in [2.24, 2.45) is 0 Å². The number of hydrogen-bond acceptors (Lipinski definition) is 5. The molecule has 2 aromatic rings. The van der Waals surface area contributed by atoms with Gasteiger partial charge in [0.1, 0.15) is 18.4 Å². The van der Waals surface area contributed by atoms with E-state index < -0.39 is 24.0 Å². The molecule has 0 aromatic heterocycles. The number of aromatic hydroxyl groups is 1. The van der Waals surface area contributed by atoms with Gasteiger partial charge in [0, 0.05) is 20.5 Å². The van der Waals surface area contributed by atoms with E-state index in [1.54, 1.807) is 44.4 Å². The molecule has 0 bridgehead atoms. The second-order valence-electron chi connectivity index (χ2n) is 6.31. The lowest BCUT2D eigenvalue weighted by Gasteiger charge is -2.17. The Labute approximate surface area is 162 Å². The quantitative estimate of drug-likeness (QED) is 0.670. The zero-order valence-corrected chi connectivity index (χ0v) is 15.6. The molecule has 0 aliphatic heterocycles. The maximum atomic E-state index is 12.1. The molecule has 8 heteroatoms. The van der Waals surface area contributed by atoms with Gasteiger partial charge in [-0.2, -0.15) is 0 Å². The molecular weight excluding hydrogens is 364 g/mol. The maximum absolute atomic E-state index is 12.1. The lowest BCUT2D eigenvalue weighted by Crippen LogP contribution is -2.42. The summed E-state index contributed by atoms with van der Waals surface area (Å²) >= 11 is 0. The topological polar surface area (TPSA) is 116 Å². The van der Waals surface area contributed by atoms with Crippen molar-refractivity contribution in [2.75, 3.05) is 14.1 Å². The number of aliphatic carboxylic acids is 1. The van der Waals surface area contributed by atoms with Crippen LogP contribution in [-0.2, 0) is 22.6 Å². The number of carboxylic acid groups (broad SMARTS) is 1. The zero-order valence-electron chi connectivity index (χ0n) is 15.6. The number of hydrogen-bond donors (Lipinski definition) is 3. The molecule has 0 aliphatic carbocycles. The molecule has 2 aromatic carbocycles. The summed E-state index contributed by atoms with van der Waals surface area (Å²) in [7, 11) is 3.08. The van der Waals surface area contributed by atoms with Crippen LogP contribution >= 0.6 is 0 Å². The molecule has 28 heavy (non-hydrogen) atoms. The van der Waals surface area contributed by atoms with E-state index in [9.17, 15) is 24.6 Å². The van der Waals surface area contributed by atoms with Crippen LogP contribution in [0.15, 0.2) is 48.5 Å². The van der Waals surface area contributed by atoms with Crippen LogP contribution in [0.25, 0.3) is 0 Å². The highest BCUT2D eigenvalue weighted by molar-refractivity contribution is 5.97. The number of alkyl carbamates (subject to hydrolysis) is 1. The minimum Gasteiger partial charge on any atom is -0.507 e. The number of carbonyl (C=O) groups excluding carboxylic acids is 2. The fourth-order valence-corrected chi connectivity index (χ4v) is 2.50. The van der Waals surface area contributed by atoms with Crippen molar-refractivity contribution in [3.63, 3.8) is 0 Å². The third-order valence-electron chi connectivity index (χ3n) is 3.98. The number of phenolic OH excluding ortho intramolecular Hbond substituents is 1. The van der Waals surface area contributed by atoms with E-state index in [2.05, 4.69) is 5.32 Å². The number of phenols is 1. The van der Waals surface area contributed by atoms with Crippen LogP contribution in [0.5, 0.6) is 5.75 Å². The average Bonchev–Trinajstić information content (AvgIpc) is 2.67. The molecule has 0 spiro atoms. The van der Waals surface area contributed by atoms with Crippen LogP contribution in [0.1, 0.15) is 21.5 Å². The van der Waals surface area contributed by atoms with Crippen LogP contribution in [-0.4, -0.2) is 53.2 Å². The highest BCUT2D eigenvalue weighted by atomic mass is 16.5. The molecule has 0 radical (unpaired) electrons. The Morgan fingerprint density at radius 3 is 2.36 bits per heavy atom. The smallest absolute Gasteiger partial charge is 0.408 e. The first-order valence-corrected chi connectivity index (χ1v) is 8.52. The molecule has 148 valence electrons. The maximum Gasteiger partial charge on any atom is 0.408 e. The van der Waals surface area contributed by atoms with E-state index in [4.69, 9.17) is 4.74 Å². The Balaban J connectivity index is 2.06. The summed E-state index contributed by atoms with van der Waals surface area (Å²) in [4.78, 5) is 36.9. The number of amides is 2. The van der Waals surface area contributed by atoms with Gasteiger partial charge in [0.2, 0.25) is 0 Å². The third kappa shape index (κ3) is 5.47. The number of para-hydroxylation sites is 1. The molecule has 2 rings (SSSR count). The zero-order chi connectivity index (χ0) is 20.7. The molecular formula is C20H22N2O6. The monoisotopic (exact) mass is 386 g/mol. The summed E-state index contributed by atoms with van der Waals surface area (Å²) in [5, 5.41) is 22.0. The van der Waals surface area contributed by atoms with Gasteiger partial charge in [-0.25, -0.2) is 9.59 Å². The molecule has 3 N–H and O–H groups in total. The predicted octanol–water partition coefficient (Wildman–Crippen LogP) is 2.02. The van der Waals surface area contributed by atoms with Gasteiger partial charge in [0.15, 0.2) is 0 Å². The Hall–Kier alpha value is -3.55. The lowest BCUT2D eigenvalue weighted by molar-refractivity contribution is -0.139. The van der Waals surface area contributed by atoms with Gasteiger partial charge < -0.3 is 25.2 Å². The minimum atomic E-state index is -1.33. The van der Waals surface area contributed by atoms with Crippen molar-refractivity contribution < 1.29 is 29.3 Å². The normalized spacial score (nSPS) is 11.4. The first-order valence-electron chi connectivity index (χ1n) is 8.52. The Kier molecular flexibility index (Phi) is 6.97. The van der Waals surface area contributed by atoms with Gasteiger partial charge in [0.05, 0.1) is 5.56 Å². The Bertz CT molecular complexity index is 851. The molecule has 2 amide bonds. The van der Waals surface area contributed by atoms with Gasteiger partial charge in [-0.1, -0.05) is 42.5 Å². The molecule has 1 unspecified atom stereocenters. The van der Waals surface area contributed by atoms with E-state index in [1.807, 2.05) is 6.07 Å². The standard InChI is InChI=1S/C20H22N2O6/c1-22(2)18(24)15-10-6-9-14(17(15)23)11-16(19(25)26)21-20(27)28-12-13-7-4-3-5-8-13/h3-10,16,23H,11-12H2,1-2H3,(H,21,27)(H,25,26). The molecule has 1 atom stereocenters. The summed E-state index contributed by atoms with van der Waals surface area (Å²) in [5.74, 6) is -2.02. The number of carboxylic acids is 1. The molecule has 0 aliphatic rings. The van der Waals surface area contributed by atoms with Gasteiger partial charge in [-0.05, 0) is 17.2 Å². The lowest BCUT2D eigenvalue weighted by atomic mass is 10.0. The number of nitrogens with zero attached hydrogens (tertiary/aromatic N) is 1. The van der Waals surface area contributed by atoms with Gasteiger partial charge in [-0.15, -0.1) is 0 Å². The van der Waals surface area contributed by atoms with Gasteiger partial charge in [-0.3, -0.25) is 4.79 Å². The molecule has 0 saturated heterocycles. The van der Waals surface area contributed by atoms with Crippen LogP contribution in [0.2, 0.25) is 0 Å². The third-order valence-corrected chi connectivity index (χ3v) is 3.98. The average molecular weight is 386 g/mol. The first kappa shape index (κ1) is 20.8. The van der Waals surface area contributed by atoms with Crippen LogP contribution < -0.4 is 5.32 Å². The SMILES string of the molecule is CN(C)C(=O)c1cccc(CC(NC(=O)OCc2ccccc2)C(=O)O)c1O. The number of benzene rings is 2. The van der Waals surface area contributed by atoms with Crippen LogP contribution in [0.3, 0.4) is 0 Å². The number of rotatable bonds is 7. The minimum absolute atomic E-state index is 0.00289.